The molecule has 0 amide bonds. The second-order valence-electron chi connectivity index (χ2n) is 4.12. The molecule has 1 aromatic carbocycles. The number of carbonyl (C=O) groups excluding carboxylic acids is 1. The molecule has 16 heavy (non-hydrogen) atoms. The predicted octanol–water partition coefficient (Wildman–Crippen LogP) is 3.21. The van der Waals surface area contributed by atoms with Crippen LogP contribution in [0.3, 0.4) is 0 Å². The van der Waals surface area contributed by atoms with Gasteiger partial charge in [0, 0.05) is 6.42 Å². The van der Waals surface area contributed by atoms with Gasteiger partial charge in [0.2, 0.25) is 0 Å². The van der Waals surface area contributed by atoms with Crippen LogP contribution in [0.4, 0.5) is 0 Å². The highest BCUT2D eigenvalue weighted by molar-refractivity contribution is 5.50. The van der Waals surface area contributed by atoms with Crippen LogP contribution < -0.4 is 0 Å². The summed E-state index contributed by atoms with van der Waals surface area (Å²) in [5, 5.41) is 0. The normalized spacial score (nSPS) is 14.4. The van der Waals surface area contributed by atoms with Crippen molar-refractivity contribution in [3.63, 3.8) is 0 Å². The highest BCUT2D eigenvalue weighted by Crippen LogP contribution is 2.16. The molecule has 0 unspecified atom stereocenters. The summed E-state index contributed by atoms with van der Waals surface area (Å²) in [5.41, 5.74) is 1.15. The summed E-state index contributed by atoms with van der Waals surface area (Å²) in [6, 6.07) is 10.1. The fourth-order valence-electron chi connectivity index (χ4n) is 1.60. The van der Waals surface area contributed by atoms with Gasteiger partial charge in [-0.3, -0.25) is 0 Å². The molecule has 1 aromatic rings. The van der Waals surface area contributed by atoms with Gasteiger partial charge in [-0.05, 0) is 11.5 Å². The summed E-state index contributed by atoms with van der Waals surface area (Å²) in [7, 11) is 0. The van der Waals surface area contributed by atoms with Crippen molar-refractivity contribution in [1.82, 2.24) is 0 Å². The Kier molecular flexibility index (Phi) is 5.79. The minimum Gasteiger partial charge on any atom is -0.373 e. The maximum absolute atomic E-state index is 10.6. The first-order valence-corrected chi connectivity index (χ1v) is 5.87. The summed E-state index contributed by atoms with van der Waals surface area (Å²) in [4.78, 5) is 10.6. The van der Waals surface area contributed by atoms with Crippen LogP contribution in [0.5, 0.6) is 0 Å². The predicted molar refractivity (Wildman–Crippen MR) is 65.2 cm³/mol. The van der Waals surface area contributed by atoms with Crippen LogP contribution in [-0.2, 0) is 16.1 Å². The van der Waals surface area contributed by atoms with Gasteiger partial charge in [-0.25, -0.2) is 0 Å². The van der Waals surface area contributed by atoms with E-state index in [0.29, 0.717) is 18.9 Å². The highest BCUT2D eigenvalue weighted by Gasteiger charge is 2.15. The van der Waals surface area contributed by atoms with Crippen LogP contribution in [0.25, 0.3) is 0 Å². The summed E-state index contributed by atoms with van der Waals surface area (Å²) in [6.45, 7) is 4.83. The molecule has 0 fully saturated rings. The minimum absolute atomic E-state index is 0.0442. The number of hydrogen-bond acceptors (Lipinski definition) is 2. The van der Waals surface area contributed by atoms with E-state index in [0.717, 1.165) is 18.3 Å². The van der Waals surface area contributed by atoms with Crippen LogP contribution in [0.15, 0.2) is 30.3 Å². The van der Waals surface area contributed by atoms with Gasteiger partial charge in [0.25, 0.3) is 0 Å². The van der Waals surface area contributed by atoms with E-state index in [-0.39, 0.29) is 6.10 Å². The zero-order valence-corrected chi connectivity index (χ0v) is 10.1. The highest BCUT2D eigenvalue weighted by atomic mass is 16.5. The van der Waals surface area contributed by atoms with Gasteiger partial charge in [-0.1, -0.05) is 50.6 Å². The van der Waals surface area contributed by atoms with E-state index in [1.54, 1.807) is 0 Å². The quantitative estimate of drug-likeness (QED) is 0.659. The van der Waals surface area contributed by atoms with Crippen LogP contribution in [0.2, 0.25) is 0 Å². The number of rotatable bonds is 7. The lowest BCUT2D eigenvalue weighted by molar-refractivity contribution is -0.111. The third-order valence-electron chi connectivity index (χ3n) is 2.91. The first-order valence-electron chi connectivity index (χ1n) is 5.87. The molecule has 88 valence electrons. The molecule has 0 radical (unpaired) electrons. The zero-order valence-electron chi connectivity index (χ0n) is 10.1. The Labute approximate surface area is 97.6 Å². The SMILES string of the molecule is CC[C@H](C)[C@H](CC=O)OCc1ccccc1. The second kappa shape index (κ2) is 7.18. The lowest BCUT2D eigenvalue weighted by Crippen LogP contribution is -2.21. The average Bonchev–Trinajstić information content (AvgIpc) is 2.34. The molecule has 0 aliphatic rings. The van der Waals surface area contributed by atoms with Crippen molar-refractivity contribution in [1.29, 1.82) is 0 Å². The topological polar surface area (TPSA) is 26.3 Å². The molecule has 1 rings (SSSR count). The van der Waals surface area contributed by atoms with E-state index in [4.69, 9.17) is 4.74 Å². The minimum atomic E-state index is 0.0442. The molecule has 2 nitrogen and oxygen atoms in total. The van der Waals surface area contributed by atoms with Crippen LogP contribution >= 0.6 is 0 Å². The van der Waals surface area contributed by atoms with Crippen LogP contribution in [0.1, 0.15) is 32.3 Å². The average molecular weight is 220 g/mol. The Morgan fingerprint density at radius 3 is 2.56 bits per heavy atom. The zero-order chi connectivity index (χ0) is 11.8. The van der Waals surface area contributed by atoms with Crippen molar-refractivity contribution in [2.24, 2.45) is 5.92 Å². The Balaban J connectivity index is 2.46. The van der Waals surface area contributed by atoms with E-state index in [9.17, 15) is 4.79 Å². The fourth-order valence-corrected chi connectivity index (χ4v) is 1.60. The number of carbonyl (C=O) groups is 1. The first-order chi connectivity index (χ1) is 7.77. The lowest BCUT2D eigenvalue weighted by atomic mass is 9.99. The second-order valence-corrected chi connectivity index (χ2v) is 4.12. The maximum atomic E-state index is 10.6. The third kappa shape index (κ3) is 4.15. The van der Waals surface area contributed by atoms with Crippen molar-refractivity contribution < 1.29 is 9.53 Å². The van der Waals surface area contributed by atoms with Crippen LogP contribution in [-0.4, -0.2) is 12.4 Å². The molecule has 2 heteroatoms. The van der Waals surface area contributed by atoms with Crippen molar-refractivity contribution >= 4 is 6.29 Å². The molecular formula is C14H20O2. The van der Waals surface area contributed by atoms with Gasteiger partial charge in [0.1, 0.15) is 6.29 Å². The Hall–Kier alpha value is -1.15. The van der Waals surface area contributed by atoms with E-state index < -0.39 is 0 Å². The summed E-state index contributed by atoms with van der Waals surface area (Å²) in [6.07, 6.45) is 2.51. The van der Waals surface area contributed by atoms with E-state index in [2.05, 4.69) is 13.8 Å². The number of ether oxygens (including phenoxy) is 1. The molecule has 0 heterocycles. The van der Waals surface area contributed by atoms with Crippen molar-refractivity contribution in [3.8, 4) is 0 Å². The Morgan fingerprint density at radius 1 is 1.31 bits per heavy atom. The maximum Gasteiger partial charge on any atom is 0.122 e. The summed E-state index contributed by atoms with van der Waals surface area (Å²) >= 11 is 0. The van der Waals surface area contributed by atoms with Crippen molar-refractivity contribution in [2.75, 3.05) is 0 Å². The lowest BCUT2D eigenvalue weighted by Gasteiger charge is -2.21. The molecule has 0 aliphatic heterocycles. The monoisotopic (exact) mass is 220 g/mol. The molecule has 0 N–H and O–H groups in total. The van der Waals surface area contributed by atoms with Gasteiger partial charge in [-0.2, -0.15) is 0 Å². The number of benzene rings is 1. The summed E-state index contributed by atoms with van der Waals surface area (Å²) in [5.74, 6) is 0.425. The Bertz CT molecular complexity index is 295. The standard InChI is InChI=1S/C14H20O2/c1-3-12(2)14(9-10-15)16-11-13-7-5-4-6-8-13/h4-8,10,12,14H,3,9,11H2,1-2H3/t12-,14-/m0/s1. The first kappa shape index (κ1) is 12.9. The van der Waals surface area contributed by atoms with Gasteiger partial charge < -0.3 is 9.53 Å². The molecule has 0 aromatic heterocycles. The van der Waals surface area contributed by atoms with Gasteiger partial charge in [0.05, 0.1) is 12.7 Å². The molecular weight excluding hydrogens is 200 g/mol. The van der Waals surface area contributed by atoms with Gasteiger partial charge in [0.15, 0.2) is 0 Å². The molecule has 0 saturated heterocycles. The molecule has 0 bridgehead atoms. The number of hydrogen-bond donors (Lipinski definition) is 0. The molecule has 0 aliphatic carbocycles. The van der Waals surface area contributed by atoms with Gasteiger partial charge >= 0.3 is 0 Å². The largest absolute Gasteiger partial charge is 0.373 e. The van der Waals surface area contributed by atoms with E-state index in [1.165, 1.54) is 0 Å². The van der Waals surface area contributed by atoms with Crippen LogP contribution in [0, 0.1) is 5.92 Å². The van der Waals surface area contributed by atoms with Gasteiger partial charge in [-0.15, -0.1) is 0 Å². The number of aldehydes is 1. The van der Waals surface area contributed by atoms with Crippen molar-refractivity contribution in [3.05, 3.63) is 35.9 Å². The molecule has 0 spiro atoms. The smallest absolute Gasteiger partial charge is 0.122 e. The van der Waals surface area contributed by atoms with E-state index in [1.807, 2.05) is 30.3 Å². The van der Waals surface area contributed by atoms with E-state index >= 15 is 0 Å². The fraction of sp³-hybridized carbons (Fsp3) is 0.500. The summed E-state index contributed by atoms with van der Waals surface area (Å²) < 4.78 is 5.79. The third-order valence-corrected chi connectivity index (χ3v) is 2.91. The molecule has 2 atom stereocenters. The Morgan fingerprint density at radius 2 is 2.00 bits per heavy atom. The van der Waals surface area contributed by atoms with Crippen molar-refractivity contribution in [2.45, 2.75) is 39.4 Å². The molecule has 0 saturated carbocycles.